The lowest BCUT2D eigenvalue weighted by atomic mass is 10.1. The summed E-state index contributed by atoms with van der Waals surface area (Å²) in [5, 5.41) is 12.6. The number of nitrogens with one attached hydrogen (secondary N) is 2. The van der Waals surface area contributed by atoms with Gasteiger partial charge < -0.3 is 15.0 Å². The molecule has 2 heterocycles. The molecule has 2 aromatic carbocycles. The quantitative estimate of drug-likeness (QED) is 0.573. The van der Waals surface area contributed by atoms with Crippen molar-refractivity contribution in [1.82, 2.24) is 20.1 Å². The largest absolute Gasteiger partial charge is 0.496 e. The summed E-state index contributed by atoms with van der Waals surface area (Å²) in [6, 6.07) is 14.2. The van der Waals surface area contributed by atoms with E-state index in [0.29, 0.717) is 0 Å². The molecular weight excluding hydrogens is 326 g/mol. The van der Waals surface area contributed by atoms with Crippen LogP contribution in [0.4, 0.5) is 11.5 Å². The van der Waals surface area contributed by atoms with Crippen LogP contribution in [0, 0.1) is 0 Å². The number of nitrogens with zero attached hydrogens (tertiary/aromatic N) is 3. The van der Waals surface area contributed by atoms with E-state index in [9.17, 15) is 0 Å². The maximum absolute atomic E-state index is 5.50. The van der Waals surface area contributed by atoms with Gasteiger partial charge >= 0.3 is 0 Å². The Labute approximate surface area is 151 Å². The van der Waals surface area contributed by atoms with Crippen LogP contribution in [0.5, 0.6) is 5.75 Å². The highest BCUT2D eigenvalue weighted by Gasteiger charge is 2.13. The van der Waals surface area contributed by atoms with Gasteiger partial charge in [-0.2, -0.15) is 5.10 Å². The van der Waals surface area contributed by atoms with E-state index in [1.807, 2.05) is 24.4 Å². The third-order valence-electron chi connectivity index (χ3n) is 4.32. The first kappa shape index (κ1) is 16.4. The molecule has 2 N–H and O–H groups in total. The number of aromatic nitrogens is 3. The monoisotopic (exact) mass is 347 g/mol. The van der Waals surface area contributed by atoms with Crippen molar-refractivity contribution in [3.05, 3.63) is 54.2 Å². The highest BCUT2D eigenvalue weighted by atomic mass is 16.5. The first-order chi connectivity index (χ1) is 12.7. The lowest BCUT2D eigenvalue weighted by Gasteiger charge is -2.12. The van der Waals surface area contributed by atoms with Gasteiger partial charge in [-0.05, 0) is 43.9 Å². The van der Waals surface area contributed by atoms with Crippen molar-refractivity contribution in [1.29, 1.82) is 0 Å². The van der Waals surface area contributed by atoms with Crippen molar-refractivity contribution in [2.75, 3.05) is 26.5 Å². The SMILES string of the molecule is COc1cccc2nc(Nc3ccc(CN(C)C)cc3)c3[nH]ncc3c12. The van der Waals surface area contributed by atoms with Gasteiger partial charge in [0.15, 0.2) is 5.82 Å². The zero-order valence-corrected chi connectivity index (χ0v) is 15.1. The standard InChI is InChI=1S/C20H21N5O/c1-25(2)12-13-7-9-14(10-8-13)22-20-19-15(11-21-24-19)18-16(23-20)5-4-6-17(18)26-3/h4-11H,12H2,1-3H3,(H,21,24)(H,22,23). The van der Waals surface area contributed by atoms with Gasteiger partial charge in [-0.15, -0.1) is 0 Å². The first-order valence-corrected chi connectivity index (χ1v) is 8.46. The molecule has 132 valence electrons. The normalized spacial score (nSPS) is 11.4. The fraction of sp³-hybridized carbons (Fsp3) is 0.200. The molecule has 0 atom stereocenters. The summed E-state index contributed by atoms with van der Waals surface area (Å²) in [7, 11) is 5.80. The molecule has 0 amide bonds. The van der Waals surface area contributed by atoms with E-state index in [-0.39, 0.29) is 0 Å². The smallest absolute Gasteiger partial charge is 0.157 e. The van der Waals surface area contributed by atoms with Crippen LogP contribution >= 0.6 is 0 Å². The predicted octanol–water partition coefficient (Wildman–Crippen LogP) is 3.92. The van der Waals surface area contributed by atoms with Crippen molar-refractivity contribution < 1.29 is 4.74 Å². The van der Waals surface area contributed by atoms with Gasteiger partial charge in [-0.25, -0.2) is 4.98 Å². The van der Waals surface area contributed by atoms with Crippen molar-refractivity contribution >= 4 is 33.3 Å². The van der Waals surface area contributed by atoms with E-state index in [1.54, 1.807) is 7.11 Å². The summed E-state index contributed by atoms with van der Waals surface area (Å²) in [6.45, 7) is 0.916. The number of hydrogen-bond acceptors (Lipinski definition) is 5. The molecule has 0 unspecified atom stereocenters. The number of H-pyrrole nitrogens is 1. The van der Waals surface area contributed by atoms with Crippen LogP contribution in [-0.4, -0.2) is 41.3 Å². The first-order valence-electron chi connectivity index (χ1n) is 8.46. The van der Waals surface area contributed by atoms with Crippen LogP contribution in [0.25, 0.3) is 21.8 Å². The van der Waals surface area contributed by atoms with Gasteiger partial charge in [0.05, 0.1) is 24.2 Å². The second-order valence-electron chi connectivity index (χ2n) is 6.53. The highest BCUT2D eigenvalue weighted by molar-refractivity contribution is 6.11. The van der Waals surface area contributed by atoms with Gasteiger partial charge in [0.1, 0.15) is 11.3 Å². The Kier molecular flexibility index (Phi) is 4.18. The summed E-state index contributed by atoms with van der Waals surface area (Å²) in [5.74, 6) is 1.54. The number of hydrogen-bond donors (Lipinski definition) is 2. The predicted molar refractivity (Wildman–Crippen MR) is 105 cm³/mol. The lowest BCUT2D eigenvalue weighted by Crippen LogP contribution is -2.10. The summed E-state index contributed by atoms with van der Waals surface area (Å²) in [4.78, 5) is 6.93. The molecule has 0 bridgehead atoms. The Morgan fingerprint density at radius 2 is 1.92 bits per heavy atom. The van der Waals surface area contributed by atoms with E-state index in [1.165, 1.54) is 5.56 Å². The molecule has 0 aliphatic rings. The van der Waals surface area contributed by atoms with Crippen LogP contribution in [0.2, 0.25) is 0 Å². The Morgan fingerprint density at radius 1 is 1.12 bits per heavy atom. The van der Waals surface area contributed by atoms with Gasteiger partial charge in [0, 0.05) is 17.6 Å². The van der Waals surface area contributed by atoms with E-state index < -0.39 is 0 Å². The highest BCUT2D eigenvalue weighted by Crippen LogP contribution is 2.34. The maximum Gasteiger partial charge on any atom is 0.157 e. The Hall–Kier alpha value is -3.12. The van der Waals surface area contributed by atoms with Crippen molar-refractivity contribution in [3.63, 3.8) is 0 Å². The number of anilines is 2. The Bertz CT molecular complexity index is 1050. The molecule has 0 saturated carbocycles. The molecular formula is C20H21N5O. The molecule has 0 aliphatic carbocycles. The zero-order valence-electron chi connectivity index (χ0n) is 15.1. The number of benzene rings is 2. The summed E-state index contributed by atoms with van der Waals surface area (Å²) < 4.78 is 5.50. The van der Waals surface area contributed by atoms with Crippen LogP contribution in [0.15, 0.2) is 48.7 Å². The second-order valence-corrected chi connectivity index (χ2v) is 6.53. The molecule has 2 aromatic heterocycles. The number of ether oxygens (including phenoxy) is 1. The Balaban J connectivity index is 1.75. The molecule has 0 aliphatic heterocycles. The maximum atomic E-state index is 5.50. The molecule has 0 radical (unpaired) electrons. The topological polar surface area (TPSA) is 66.1 Å². The molecule has 6 heteroatoms. The molecule has 4 rings (SSSR count). The van der Waals surface area contributed by atoms with Gasteiger partial charge in [-0.3, -0.25) is 5.10 Å². The van der Waals surface area contributed by atoms with E-state index in [4.69, 9.17) is 9.72 Å². The fourth-order valence-electron chi connectivity index (χ4n) is 3.17. The van der Waals surface area contributed by atoms with Gasteiger partial charge in [0.25, 0.3) is 0 Å². The van der Waals surface area contributed by atoms with Crippen LogP contribution in [0.3, 0.4) is 0 Å². The third-order valence-corrected chi connectivity index (χ3v) is 4.32. The van der Waals surface area contributed by atoms with Crippen LogP contribution < -0.4 is 10.1 Å². The number of pyridine rings is 1. The molecule has 4 aromatic rings. The van der Waals surface area contributed by atoms with Crippen molar-refractivity contribution in [2.45, 2.75) is 6.54 Å². The third kappa shape index (κ3) is 2.95. The van der Waals surface area contributed by atoms with Crippen molar-refractivity contribution in [3.8, 4) is 5.75 Å². The van der Waals surface area contributed by atoms with E-state index in [2.05, 4.69) is 58.8 Å². The molecule has 0 fully saturated rings. The molecule has 0 spiro atoms. The average molecular weight is 347 g/mol. The van der Waals surface area contributed by atoms with Crippen LogP contribution in [-0.2, 0) is 6.54 Å². The summed E-state index contributed by atoms with van der Waals surface area (Å²) in [6.07, 6.45) is 1.81. The van der Waals surface area contributed by atoms with Crippen LogP contribution in [0.1, 0.15) is 5.56 Å². The minimum Gasteiger partial charge on any atom is -0.496 e. The average Bonchev–Trinajstić information content (AvgIpc) is 3.12. The lowest BCUT2D eigenvalue weighted by molar-refractivity contribution is 0.402. The molecule has 6 nitrogen and oxygen atoms in total. The molecule has 26 heavy (non-hydrogen) atoms. The minimum absolute atomic E-state index is 0.749. The Morgan fingerprint density at radius 3 is 2.65 bits per heavy atom. The van der Waals surface area contributed by atoms with Gasteiger partial charge in [0.2, 0.25) is 0 Å². The zero-order chi connectivity index (χ0) is 18.1. The van der Waals surface area contributed by atoms with E-state index in [0.717, 1.165) is 45.6 Å². The summed E-state index contributed by atoms with van der Waals surface area (Å²) >= 11 is 0. The van der Waals surface area contributed by atoms with Crippen molar-refractivity contribution in [2.24, 2.45) is 0 Å². The minimum atomic E-state index is 0.749. The number of rotatable bonds is 5. The van der Waals surface area contributed by atoms with E-state index >= 15 is 0 Å². The summed E-state index contributed by atoms with van der Waals surface area (Å²) in [5.41, 5.74) is 3.98. The van der Waals surface area contributed by atoms with Gasteiger partial charge in [-0.1, -0.05) is 18.2 Å². The number of methoxy groups -OCH3 is 1. The molecule has 0 saturated heterocycles. The number of fused-ring (bicyclic) bond motifs is 3. The number of aromatic amines is 1. The fourth-order valence-corrected chi connectivity index (χ4v) is 3.17. The second kappa shape index (κ2) is 6.65.